The molecule has 29 heavy (non-hydrogen) atoms. The Labute approximate surface area is 174 Å². The van der Waals surface area contributed by atoms with Crippen LogP contribution in [0.25, 0.3) is 0 Å². The van der Waals surface area contributed by atoms with Crippen LogP contribution in [-0.2, 0) is 11.2 Å². The average Bonchev–Trinajstić information content (AvgIpc) is 3.24. The number of nitrogens with one attached hydrogen (secondary N) is 3. The second-order valence-electron chi connectivity index (χ2n) is 5.93. The van der Waals surface area contributed by atoms with Crippen molar-refractivity contribution in [1.82, 2.24) is 10.9 Å². The minimum absolute atomic E-state index is 0.0245. The Balaban J connectivity index is 1.59. The number of hydrogen-bond donors (Lipinski definition) is 3. The summed E-state index contributed by atoms with van der Waals surface area (Å²) >= 11 is 7.37. The minimum atomic E-state index is -0.583. The van der Waals surface area contributed by atoms with Crippen molar-refractivity contribution in [3.05, 3.63) is 86.8 Å². The van der Waals surface area contributed by atoms with Gasteiger partial charge in [-0.1, -0.05) is 29.8 Å². The maximum absolute atomic E-state index is 12.9. The lowest BCUT2D eigenvalue weighted by molar-refractivity contribution is -0.121. The van der Waals surface area contributed by atoms with E-state index in [1.54, 1.807) is 17.5 Å². The first-order valence-electron chi connectivity index (χ1n) is 8.40. The maximum Gasteiger partial charge on any atom is 0.269 e. The van der Waals surface area contributed by atoms with E-state index in [1.165, 1.54) is 53.8 Å². The number of thiophene rings is 1. The highest BCUT2D eigenvalue weighted by atomic mass is 35.5. The smallest absolute Gasteiger partial charge is 0.269 e. The van der Waals surface area contributed by atoms with Gasteiger partial charge >= 0.3 is 0 Å². The monoisotopic (exact) mass is 431 g/mol. The predicted octanol–water partition coefficient (Wildman–Crippen LogP) is 3.80. The molecule has 2 aromatic carbocycles. The van der Waals surface area contributed by atoms with Gasteiger partial charge in [0.25, 0.3) is 11.8 Å². The topological polar surface area (TPSA) is 87.3 Å². The largest absolute Gasteiger partial charge is 0.320 e. The van der Waals surface area contributed by atoms with Crippen LogP contribution in [0.4, 0.5) is 10.1 Å². The molecule has 1 aromatic heterocycles. The number of carbonyl (C=O) groups excluding carboxylic acids is 3. The zero-order valence-electron chi connectivity index (χ0n) is 14.9. The Morgan fingerprint density at radius 1 is 0.966 bits per heavy atom. The Kier molecular flexibility index (Phi) is 6.58. The van der Waals surface area contributed by atoms with Gasteiger partial charge in [0.1, 0.15) is 5.82 Å². The first-order valence-corrected chi connectivity index (χ1v) is 9.66. The maximum atomic E-state index is 12.9. The van der Waals surface area contributed by atoms with Crippen LogP contribution in [0.3, 0.4) is 0 Å². The highest BCUT2D eigenvalue weighted by molar-refractivity contribution is 7.12. The van der Waals surface area contributed by atoms with Gasteiger partial charge in [-0.3, -0.25) is 25.2 Å². The molecule has 9 heteroatoms. The van der Waals surface area contributed by atoms with E-state index in [0.717, 1.165) is 0 Å². The van der Waals surface area contributed by atoms with E-state index in [9.17, 15) is 18.8 Å². The molecule has 0 radical (unpaired) electrons. The lowest BCUT2D eigenvalue weighted by atomic mass is 10.1. The fraction of sp³-hybridized carbons (Fsp3) is 0.0500. The van der Waals surface area contributed by atoms with Gasteiger partial charge in [0, 0.05) is 5.56 Å². The molecule has 0 bridgehead atoms. The third-order valence-corrected chi connectivity index (χ3v) is 5.01. The zero-order chi connectivity index (χ0) is 20.8. The molecule has 0 aliphatic rings. The number of rotatable bonds is 5. The Hall–Kier alpha value is -3.23. The number of anilines is 1. The van der Waals surface area contributed by atoms with Crippen LogP contribution in [0.15, 0.2) is 60.0 Å². The standard InChI is InChI=1S/C20H15ClFN3O3S/c21-15-8-5-13(11-16(15)23-20(28)17-2-1-9-29-17)19(27)25-24-18(26)10-12-3-6-14(22)7-4-12/h1-9,11H,10H2,(H,23,28)(H,24,26)(H,25,27). The molecule has 3 aromatic rings. The summed E-state index contributed by atoms with van der Waals surface area (Å²) < 4.78 is 12.9. The number of hydrazine groups is 1. The van der Waals surface area contributed by atoms with Gasteiger partial charge in [-0.15, -0.1) is 11.3 Å². The van der Waals surface area contributed by atoms with E-state index >= 15 is 0 Å². The molecule has 0 spiro atoms. The van der Waals surface area contributed by atoms with E-state index in [2.05, 4.69) is 16.2 Å². The van der Waals surface area contributed by atoms with E-state index < -0.39 is 17.6 Å². The van der Waals surface area contributed by atoms with E-state index in [4.69, 9.17) is 11.6 Å². The fourth-order valence-electron chi connectivity index (χ4n) is 2.38. The third kappa shape index (κ3) is 5.63. The summed E-state index contributed by atoms with van der Waals surface area (Å²) in [5, 5.41) is 4.69. The van der Waals surface area contributed by atoms with Crippen LogP contribution >= 0.6 is 22.9 Å². The van der Waals surface area contributed by atoms with Crippen molar-refractivity contribution in [2.75, 3.05) is 5.32 Å². The Morgan fingerprint density at radius 2 is 1.72 bits per heavy atom. The van der Waals surface area contributed by atoms with Crippen molar-refractivity contribution in [1.29, 1.82) is 0 Å². The van der Waals surface area contributed by atoms with Crippen molar-refractivity contribution in [2.24, 2.45) is 0 Å². The SMILES string of the molecule is O=C(Cc1ccc(F)cc1)NNC(=O)c1ccc(Cl)c(NC(=O)c2cccs2)c1. The lowest BCUT2D eigenvalue weighted by Crippen LogP contribution is -2.42. The molecule has 148 valence electrons. The van der Waals surface area contributed by atoms with Gasteiger partial charge in [-0.25, -0.2) is 4.39 Å². The van der Waals surface area contributed by atoms with Crippen molar-refractivity contribution in [3.63, 3.8) is 0 Å². The van der Waals surface area contributed by atoms with Gasteiger partial charge < -0.3 is 5.32 Å². The number of halogens is 2. The second kappa shape index (κ2) is 9.31. The van der Waals surface area contributed by atoms with Crippen molar-refractivity contribution < 1.29 is 18.8 Å². The summed E-state index contributed by atoms with van der Waals surface area (Å²) in [6, 6.07) is 13.2. The van der Waals surface area contributed by atoms with Crippen molar-refractivity contribution >= 4 is 46.3 Å². The number of benzene rings is 2. The molecule has 3 rings (SSSR count). The first kappa shape index (κ1) is 20.5. The summed E-state index contributed by atoms with van der Waals surface area (Å²) in [7, 11) is 0. The summed E-state index contributed by atoms with van der Waals surface area (Å²) in [5.41, 5.74) is 5.65. The predicted molar refractivity (Wildman–Crippen MR) is 109 cm³/mol. The molecular weight excluding hydrogens is 417 g/mol. The molecule has 0 aliphatic heterocycles. The summed E-state index contributed by atoms with van der Waals surface area (Å²) in [5.74, 6) is -1.79. The van der Waals surface area contributed by atoms with E-state index in [-0.39, 0.29) is 28.6 Å². The number of carbonyl (C=O) groups is 3. The molecular formula is C20H15ClFN3O3S. The van der Waals surface area contributed by atoms with Crippen LogP contribution < -0.4 is 16.2 Å². The number of hydrogen-bond acceptors (Lipinski definition) is 4. The quantitative estimate of drug-likeness (QED) is 0.537. The molecule has 0 atom stereocenters. The highest BCUT2D eigenvalue weighted by Gasteiger charge is 2.13. The van der Waals surface area contributed by atoms with Gasteiger partial charge in [-0.05, 0) is 47.3 Å². The third-order valence-electron chi connectivity index (χ3n) is 3.82. The summed E-state index contributed by atoms with van der Waals surface area (Å²) in [6.45, 7) is 0. The normalized spacial score (nSPS) is 10.3. The molecule has 0 unspecified atom stereocenters. The van der Waals surface area contributed by atoms with Crippen LogP contribution in [0.5, 0.6) is 0 Å². The lowest BCUT2D eigenvalue weighted by Gasteiger charge is -2.10. The van der Waals surface area contributed by atoms with Gasteiger partial charge in [0.2, 0.25) is 5.91 Å². The van der Waals surface area contributed by atoms with Gasteiger partial charge in [0.15, 0.2) is 0 Å². The molecule has 0 saturated heterocycles. The highest BCUT2D eigenvalue weighted by Crippen LogP contribution is 2.24. The van der Waals surface area contributed by atoms with Gasteiger partial charge in [0.05, 0.1) is 22.0 Å². The van der Waals surface area contributed by atoms with E-state index in [1.807, 2.05) is 0 Å². The van der Waals surface area contributed by atoms with Crippen LogP contribution in [-0.4, -0.2) is 17.7 Å². The number of amides is 3. The molecule has 1 heterocycles. The molecule has 0 saturated carbocycles. The van der Waals surface area contributed by atoms with Crippen LogP contribution in [0, 0.1) is 5.82 Å². The zero-order valence-corrected chi connectivity index (χ0v) is 16.4. The van der Waals surface area contributed by atoms with Crippen molar-refractivity contribution in [2.45, 2.75) is 6.42 Å². The second-order valence-corrected chi connectivity index (χ2v) is 7.29. The van der Waals surface area contributed by atoms with Crippen LogP contribution in [0.1, 0.15) is 25.6 Å². The molecule has 3 N–H and O–H groups in total. The molecule has 0 aliphatic carbocycles. The minimum Gasteiger partial charge on any atom is -0.320 e. The molecule has 0 fully saturated rings. The summed E-state index contributed by atoms with van der Waals surface area (Å²) in [6.07, 6.45) is -0.0245. The van der Waals surface area contributed by atoms with Crippen molar-refractivity contribution in [3.8, 4) is 0 Å². The summed E-state index contributed by atoms with van der Waals surface area (Å²) in [4.78, 5) is 36.9. The average molecular weight is 432 g/mol. The van der Waals surface area contributed by atoms with Crippen LogP contribution in [0.2, 0.25) is 5.02 Å². The Bertz CT molecular complexity index is 1040. The Morgan fingerprint density at radius 3 is 2.41 bits per heavy atom. The fourth-order valence-corrected chi connectivity index (χ4v) is 3.17. The van der Waals surface area contributed by atoms with Gasteiger partial charge in [-0.2, -0.15) is 0 Å². The first-order chi connectivity index (χ1) is 13.9. The molecule has 6 nitrogen and oxygen atoms in total. The van der Waals surface area contributed by atoms with E-state index in [0.29, 0.717) is 10.4 Å². The molecule has 3 amide bonds.